The molecule has 1 saturated heterocycles. The average Bonchev–Trinajstić information content (AvgIpc) is 2.75. The van der Waals surface area contributed by atoms with Gasteiger partial charge in [-0.25, -0.2) is 9.78 Å². The zero-order valence-corrected chi connectivity index (χ0v) is 16.9. The van der Waals surface area contributed by atoms with Gasteiger partial charge in [0.1, 0.15) is 5.82 Å². The van der Waals surface area contributed by atoms with Crippen LogP contribution in [0.3, 0.4) is 0 Å². The normalized spacial score (nSPS) is 14.1. The summed E-state index contributed by atoms with van der Waals surface area (Å²) < 4.78 is 5.43. The van der Waals surface area contributed by atoms with E-state index < -0.39 is 0 Å². The van der Waals surface area contributed by atoms with E-state index in [4.69, 9.17) is 9.72 Å². The summed E-state index contributed by atoms with van der Waals surface area (Å²) in [5, 5.41) is 6.82. The van der Waals surface area contributed by atoms with E-state index in [1.165, 1.54) is 5.56 Å². The van der Waals surface area contributed by atoms with Crippen molar-refractivity contribution in [1.29, 1.82) is 0 Å². The van der Waals surface area contributed by atoms with E-state index in [9.17, 15) is 4.79 Å². The molecule has 29 heavy (non-hydrogen) atoms. The van der Waals surface area contributed by atoms with Crippen LogP contribution in [0.5, 0.6) is 0 Å². The van der Waals surface area contributed by atoms with Crippen LogP contribution in [-0.2, 0) is 11.2 Å². The molecule has 0 saturated carbocycles. The number of amides is 2. The maximum absolute atomic E-state index is 12.4. The maximum Gasteiger partial charge on any atom is 0.323 e. The zero-order chi connectivity index (χ0) is 20.2. The number of hydrogen-bond acceptors (Lipinski definition) is 4. The number of hydrogen-bond donors (Lipinski definition) is 2. The van der Waals surface area contributed by atoms with Gasteiger partial charge in [-0.3, -0.25) is 0 Å². The number of ether oxygens (including phenoxy) is 1. The van der Waals surface area contributed by atoms with Gasteiger partial charge in [-0.2, -0.15) is 0 Å². The Labute approximate surface area is 170 Å². The van der Waals surface area contributed by atoms with Crippen LogP contribution in [0, 0.1) is 6.92 Å². The summed E-state index contributed by atoms with van der Waals surface area (Å²) in [5.41, 5.74) is 4.81. The van der Waals surface area contributed by atoms with Gasteiger partial charge in [0, 0.05) is 29.9 Å². The number of aryl methyl sites for hydroxylation is 2. The van der Waals surface area contributed by atoms with Crippen molar-refractivity contribution >= 4 is 34.1 Å². The number of carbonyl (C=O) groups is 1. The predicted octanol–water partition coefficient (Wildman–Crippen LogP) is 4.59. The molecule has 1 fully saturated rings. The molecule has 1 aliphatic rings. The second-order valence-corrected chi connectivity index (χ2v) is 7.26. The monoisotopic (exact) mass is 390 g/mol. The van der Waals surface area contributed by atoms with E-state index in [-0.39, 0.29) is 6.03 Å². The number of rotatable bonds is 4. The van der Waals surface area contributed by atoms with Gasteiger partial charge in [-0.05, 0) is 60.9 Å². The van der Waals surface area contributed by atoms with E-state index in [1.807, 2.05) is 42.5 Å². The Morgan fingerprint density at radius 1 is 1.03 bits per heavy atom. The van der Waals surface area contributed by atoms with Crippen molar-refractivity contribution in [3.8, 4) is 0 Å². The number of aromatic nitrogens is 1. The smallest absolute Gasteiger partial charge is 0.323 e. The fourth-order valence-electron chi connectivity index (χ4n) is 3.53. The Kier molecular flexibility index (Phi) is 5.62. The highest BCUT2D eigenvalue weighted by Gasteiger charge is 2.14. The lowest BCUT2D eigenvalue weighted by atomic mass is 10.1. The lowest BCUT2D eigenvalue weighted by molar-refractivity contribution is 0.122. The predicted molar refractivity (Wildman–Crippen MR) is 118 cm³/mol. The Morgan fingerprint density at radius 3 is 2.45 bits per heavy atom. The van der Waals surface area contributed by atoms with Crippen molar-refractivity contribution in [2.75, 3.05) is 41.8 Å². The highest BCUT2D eigenvalue weighted by molar-refractivity contribution is 6.01. The van der Waals surface area contributed by atoms with Crippen LogP contribution in [0.2, 0.25) is 0 Å². The molecular weight excluding hydrogens is 364 g/mol. The first-order chi connectivity index (χ1) is 14.1. The van der Waals surface area contributed by atoms with Gasteiger partial charge in [-0.15, -0.1) is 0 Å². The molecule has 0 spiro atoms. The fourth-order valence-corrected chi connectivity index (χ4v) is 3.53. The van der Waals surface area contributed by atoms with E-state index >= 15 is 0 Å². The van der Waals surface area contributed by atoms with Gasteiger partial charge in [0.2, 0.25) is 0 Å². The van der Waals surface area contributed by atoms with Crippen LogP contribution in [0.1, 0.15) is 18.1 Å². The number of benzene rings is 2. The molecule has 0 unspecified atom stereocenters. The first kappa shape index (κ1) is 19.2. The number of fused-ring (bicyclic) bond motifs is 1. The molecule has 1 aliphatic heterocycles. The summed E-state index contributed by atoms with van der Waals surface area (Å²) in [6, 6.07) is 15.5. The van der Waals surface area contributed by atoms with Crippen molar-refractivity contribution in [3.63, 3.8) is 0 Å². The third kappa shape index (κ3) is 4.49. The summed E-state index contributed by atoms with van der Waals surface area (Å²) in [7, 11) is 0. The van der Waals surface area contributed by atoms with Gasteiger partial charge in [0.05, 0.1) is 18.7 Å². The van der Waals surface area contributed by atoms with Gasteiger partial charge in [0.25, 0.3) is 0 Å². The minimum Gasteiger partial charge on any atom is -0.378 e. The van der Waals surface area contributed by atoms with E-state index in [0.29, 0.717) is 0 Å². The van der Waals surface area contributed by atoms with Crippen LogP contribution >= 0.6 is 0 Å². The first-order valence-electron chi connectivity index (χ1n) is 10.0. The van der Waals surface area contributed by atoms with Crippen LogP contribution in [0.4, 0.5) is 22.0 Å². The molecule has 6 heteroatoms. The van der Waals surface area contributed by atoms with Crippen molar-refractivity contribution in [3.05, 3.63) is 59.7 Å². The molecule has 2 amide bonds. The number of urea groups is 1. The molecular formula is C23H26N4O2. The largest absolute Gasteiger partial charge is 0.378 e. The summed E-state index contributed by atoms with van der Waals surface area (Å²) in [4.78, 5) is 19.4. The molecule has 150 valence electrons. The topological polar surface area (TPSA) is 66.5 Å². The number of nitrogens with zero attached hydrogens (tertiary/aromatic N) is 2. The molecule has 2 aromatic carbocycles. The molecule has 0 radical (unpaired) electrons. The summed E-state index contributed by atoms with van der Waals surface area (Å²) in [6.45, 7) is 7.37. The van der Waals surface area contributed by atoms with Crippen LogP contribution in [0.15, 0.2) is 48.5 Å². The molecule has 3 aromatic rings. The maximum atomic E-state index is 12.4. The van der Waals surface area contributed by atoms with Crippen LogP contribution < -0.4 is 15.5 Å². The van der Waals surface area contributed by atoms with Crippen molar-refractivity contribution in [2.45, 2.75) is 20.3 Å². The van der Waals surface area contributed by atoms with Crippen molar-refractivity contribution in [1.82, 2.24) is 4.98 Å². The highest BCUT2D eigenvalue weighted by atomic mass is 16.5. The van der Waals surface area contributed by atoms with Crippen molar-refractivity contribution in [2.24, 2.45) is 0 Å². The minimum atomic E-state index is -0.260. The lowest BCUT2D eigenvalue weighted by Gasteiger charge is -2.28. The standard InChI is InChI=1S/C23H26N4O2/c1-3-17-4-6-18(7-5-17)24-23(28)25-19-8-9-21-20(15-19)16(2)14-22(26-21)27-10-12-29-13-11-27/h4-9,14-15H,3,10-13H2,1-2H3,(H2,24,25,28). The Hall–Kier alpha value is -3.12. The lowest BCUT2D eigenvalue weighted by Crippen LogP contribution is -2.36. The van der Waals surface area contributed by atoms with Crippen molar-refractivity contribution < 1.29 is 9.53 Å². The quantitative estimate of drug-likeness (QED) is 0.684. The second-order valence-electron chi connectivity index (χ2n) is 7.26. The third-order valence-electron chi connectivity index (χ3n) is 5.22. The molecule has 1 aromatic heterocycles. The number of carbonyl (C=O) groups excluding carboxylic acids is 1. The molecule has 6 nitrogen and oxygen atoms in total. The molecule has 0 atom stereocenters. The van der Waals surface area contributed by atoms with Crippen LogP contribution in [-0.4, -0.2) is 37.3 Å². The number of nitrogens with one attached hydrogen (secondary N) is 2. The first-order valence-corrected chi connectivity index (χ1v) is 10.0. The van der Waals surface area contributed by atoms with Gasteiger partial charge in [-0.1, -0.05) is 19.1 Å². The molecule has 0 aliphatic carbocycles. The number of pyridine rings is 1. The SMILES string of the molecule is CCc1ccc(NC(=O)Nc2ccc3nc(N4CCOCC4)cc(C)c3c2)cc1. The minimum absolute atomic E-state index is 0.260. The summed E-state index contributed by atoms with van der Waals surface area (Å²) in [5.74, 6) is 0.979. The molecule has 4 rings (SSSR count). The average molecular weight is 390 g/mol. The van der Waals surface area contributed by atoms with Gasteiger partial charge in [0.15, 0.2) is 0 Å². The van der Waals surface area contributed by atoms with E-state index in [0.717, 1.165) is 66.4 Å². The van der Waals surface area contributed by atoms with Crippen LogP contribution in [0.25, 0.3) is 10.9 Å². The summed E-state index contributed by atoms with van der Waals surface area (Å²) in [6.07, 6.45) is 0.976. The third-order valence-corrected chi connectivity index (χ3v) is 5.22. The number of morpholine rings is 1. The Bertz CT molecular complexity index is 1010. The summed E-state index contributed by atoms with van der Waals surface area (Å²) >= 11 is 0. The highest BCUT2D eigenvalue weighted by Crippen LogP contribution is 2.26. The number of anilines is 3. The Morgan fingerprint density at radius 2 is 1.72 bits per heavy atom. The molecule has 2 heterocycles. The van der Waals surface area contributed by atoms with Gasteiger partial charge >= 0.3 is 6.03 Å². The fraction of sp³-hybridized carbons (Fsp3) is 0.304. The Balaban J connectivity index is 1.49. The van der Waals surface area contributed by atoms with E-state index in [2.05, 4.69) is 35.4 Å². The van der Waals surface area contributed by atoms with E-state index in [1.54, 1.807) is 0 Å². The van der Waals surface area contributed by atoms with Gasteiger partial charge < -0.3 is 20.3 Å². The second kappa shape index (κ2) is 8.49. The zero-order valence-electron chi connectivity index (χ0n) is 16.9. The molecule has 2 N–H and O–H groups in total. The molecule has 0 bridgehead atoms.